The van der Waals surface area contributed by atoms with Gasteiger partial charge in [-0.25, -0.2) is 4.98 Å². The smallest absolute Gasteiger partial charge is 0.137 e. The molecule has 258 valence electrons. The molecule has 0 fully saturated rings. The maximum atomic E-state index is 6.36. The molecule has 0 amide bonds. The minimum Gasteiger partial charge on any atom is -0.456 e. The van der Waals surface area contributed by atoms with Gasteiger partial charge in [-0.3, -0.25) is 0 Å². The molecule has 4 heterocycles. The van der Waals surface area contributed by atoms with E-state index in [-0.39, 0.29) is 0 Å². The molecular weight excluding hydrogens is 713 g/mol. The molecule has 8 aromatic carbocycles. The largest absolute Gasteiger partial charge is 0.456 e. The topological polar surface area (TPSA) is 42.4 Å². The summed E-state index contributed by atoms with van der Waals surface area (Å²) in [6.45, 7) is 0. The minimum absolute atomic E-state index is 0.853. The summed E-state index contributed by atoms with van der Waals surface area (Å²) in [7, 11) is 0. The molecule has 0 radical (unpaired) electrons. The summed E-state index contributed by atoms with van der Waals surface area (Å²) in [6.07, 6.45) is 0. The Morgan fingerprint density at radius 1 is 0.382 bits per heavy atom. The van der Waals surface area contributed by atoms with Crippen LogP contribution in [0.25, 0.3) is 96.0 Å². The molecule has 12 rings (SSSR count). The Labute approximate surface area is 322 Å². The predicted octanol–water partition coefficient (Wildman–Crippen LogP) is 15.3. The third kappa shape index (κ3) is 4.85. The fourth-order valence-corrected chi connectivity index (χ4v) is 10.2. The predicted molar refractivity (Wildman–Crippen MR) is 233 cm³/mol. The fraction of sp³-hybridized carbons (Fsp3) is 0. The molecular formula is C49H28N2O2S2. The lowest BCUT2D eigenvalue weighted by Crippen LogP contribution is -2.09. The van der Waals surface area contributed by atoms with Crippen molar-refractivity contribution < 1.29 is 8.83 Å². The van der Waals surface area contributed by atoms with Crippen LogP contribution in [0.5, 0.6) is 0 Å². The van der Waals surface area contributed by atoms with Crippen molar-refractivity contribution in [1.82, 2.24) is 4.98 Å². The van der Waals surface area contributed by atoms with E-state index in [9.17, 15) is 0 Å². The molecule has 0 unspecified atom stereocenters. The molecule has 0 aliphatic rings. The molecule has 0 aliphatic heterocycles. The van der Waals surface area contributed by atoms with Crippen LogP contribution < -0.4 is 4.90 Å². The zero-order chi connectivity index (χ0) is 36.0. The van der Waals surface area contributed by atoms with Gasteiger partial charge >= 0.3 is 0 Å². The highest BCUT2D eigenvalue weighted by molar-refractivity contribution is 7.26. The molecule has 0 atom stereocenters. The number of rotatable bonds is 5. The number of anilines is 3. The van der Waals surface area contributed by atoms with Gasteiger partial charge in [-0.2, -0.15) is 0 Å². The quantitative estimate of drug-likeness (QED) is 0.176. The molecule has 4 nitrogen and oxygen atoms in total. The Morgan fingerprint density at radius 3 is 1.64 bits per heavy atom. The number of benzene rings is 8. The van der Waals surface area contributed by atoms with Crippen molar-refractivity contribution in [3.63, 3.8) is 0 Å². The standard InChI is InChI=1S/C49H28N2O2S2/c1-2-8-30(9-3-1)49-50-48-46(55-49)25-24-45-47(48)39-26-31(16-23-44(39)54-45)29-14-17-32(18-15-29)51(33-19-21-37-35-10-4-6-12-40(35)52-42(37)27-33)34-20-22-38-36-11-5-7-13-41(36)53-43(38)28-34/h1-28H. The molecule has 0 N–H and O–H groups in total. The first-order valence-corrected chi connectivity index (χ1v) is 19.9. The fourth-order valence-electron chi connectivity index (χ4n) is 8.09. The first kappa shape index (κ1) is 30.7. The molecule has 0 spiro atoms. The Balaban J connectivity index is 0.979. The second-order valence-electron chi connectivity index (χ2n) is 13.9. The average molecular weight is 741 g/mol. The van der Waals surface area contributed by atoms with Crippen molar-refractivity contribution in [2.45, 2.75) is 0 Å². The van der Waals surface area contributed by atoms with Crippen LogP contribution in [0, 0.1) is 0 Å². The van der Waals surface area contributed by atoms with Crippen LogP contribution in [0.15, 0.2) is 179 Å². The summed E-state index contributed by atoms with van der Waals surface area (Å²) in [4.78, 5) is 7.47. The van der Waals surface area contributed by atoms with Crippen LogP contribution in [0.4, 0.5) is 17.1 Å². The Hall–Kier alpha value is -6.73. The molecule has 0 bridgehead atoms. The number of para-hydroxylation sites is 2. The summed E-state index contributed by atoms with van der Waals surface area (Å²) in [5, 5.41) is 7.98. The Morgan fingerprint density at radius 2 is 0.945 bits per heavy atom. The van der Waals surface area contributed by atoms with Crippen LogP contribution in [0.2, 0.25) is 0 Å². The number of nitrogens with zero attached hydrogens (tertiary/aromatic N) is 2. The maximum Gasteiger partial charge on any atom is 0.137 e. The normalized spacial score (nSPS) is 12.0. The number of furan rings is 2. The van der Waals surface area contributed by atoms with Crippen LogP contribution >= 0.6 is 22.7 Å². The maximum absolute atomic E-state index is 6.36. The van der Waals surface area contributed by atoms with Gasteiger partial charge in [0.05, 0.1) is 10.2 Å². The van der Waals surface area contributed by atoms with Crippen molar-refractivity contribution in [2.75, 3.05) is 4.90 Å². The molecule has 12 aromatic rings. The number of hydrogen-bond acceptors (Lipinski definition) is 6. The average Bonchev–Trinajstić information content (AvgIpc) is 4.02. The molecule has 0 aliphatic carbocycles. The summed E-state index contributed by atoms with van der Waals surface area (Å²) < 4.78 is 16.5. The van der Waals surface area contributed by atoms with Gasteiger partial charge in [0, 0.05) is 76.5 Å². The highest BCUT2D eigenvalue weighted by atomic mass is 32.1. The van der Waals surface area contributed by atoms with E-state index in [4.69, 9.17) is 13.8 Å². The van der Waals surface area contributed by atoms with Gasteiger partial charge in [-0.1, -0.05) is 84.9 Å². The van der Waals surface area contributed by atoms with E-state index in [1.54, 1.807) is 11.3 Å². The highest BCUT2D eigenvalue weighted by Crippen LogP contribution is 2.44. The van der Waals surface area contributed by atoms with Crippen molar-refractivity contribution in [3.8, 4) is 21.7 Å². The van der Waals surface area contributed by atoms with Crippen LogP contribution in [-0.2, 0) is 0 Å². The lowest BCUT2D eigenvalue weighted by molar-refractivity contribution is 0.669. The molecule has 0 saturated heterocycles. The summed E-state index contributed by atoms with van der Waals surface area (Å²) in [5.74, 6) is 0. The molecule has 55 heavy (non-hydrogen) atoms. The number of aromatic nitrogens is 1. The van der Waals surface area contributed by atoms with Crippen molar-refractivity contribution in [1.29, 1.82) is 0 Å². The number of thiazole rings is 1. The van der Waals surface area contributed by atoms with Gasteiger partial charge in [-0.15, -0.1) is 22.7 Å². The SMILES string of the molecule is c1ccc(-c2nc3c(ccc4sc5ccc(-c6ccc(N(c7ccc8c(c7)oc7ccccc78)c7ccc8c(c7)oc7ccccc78)cc6)cc5c43)s2)cc1. The lowest BCUT2D eigenvalue weighted by atomic mass is 10.0. The zero-order valence-corrected chi connectivity index (χ0v) is 30.8. The van der Waals surface area contributed by atoms with E-state index in [1.807, 2.05) is 35.6 Å². The zero-order valence-electron chi connectivity index (χ0n) is 29.2. The molecule has 0 saturated carbocycles. The second-order valence-corrected chi connectivity index (χ2v) is 16.0. The van der Waals surface area contributed by atoms with Gasteiger partial charge in [0.25, 0.3) is 0 Å². The summed E-state index contributed by atoms with van der Waals surface area (Å²) in [6, 6.07) is 60.1. The third-order valence-electron chi connectivity index (χ3n) is 10.7. The third-order valence-corrected chi connectivity index (χ3v) is 12.9. The number of fused-ring (bicyclic) bond motifs is 11. The van der Waals surface area contributed by atoms with Crippen LogP contribution in [-0.4, -0.2) is 4.98 Å². The second kappa shape index (κ2) is 11.9. The molecule has 4 aromatic heterocycles. The summed E-state index contributed by atoms with van der Waals surface area (Å²) >= 11 is 3.59. The lowest BCUT2D eigenvalue weighted by Gasteiger charge is -2.25. The van der Waals surface area contributed by atoms with Gasteiger partial charge in [-0.05, 0) is 83.9 Å². The van der Waals surface area contributed by atoms with E-state index in [0.717, 1.165) is 82.6 Å². The van der Waals surface area contributed by atoms with Crippen LogP contribution in [0.1, 0.15) is 0 Å². The first-order chi connectivity index (χ1) is 27.2. The van der Waals surface area contributed by atoms with E-state index in [2.05, 4.69) is 150 Å². The Kier molecular flexibility index (Phi) is 6.64. The monoisotopic (exact) mass is 740 g/mol. The first-order valence-electron chi connectivity index (χ1n) is 18.3. The highest BCUT2D eigenvalue weighted by Gasteiger charge is 2.19. The van der Waals surface area contributed by atoms with Crippen molar-refractivity contribution in [3.05, 3.63) is 170 Å². The van der Waals surface area contributed by atoms with Crippen LogP contribution in [0.3, 0.4) is 0 Å². The van der Waals surface area contributed by atoms with E-state index in [1.165, 1.54) is 30.4 Å². The van der Waals surface area contributed by atoms with Gasteiger partial charge < -0.3 is 13.7 Å². The van der Waals surface area contributed by atoms with Crippen molar-refractivity contribution in [2.24, 2.45) is 0 Å². The molecule has 6 heteroatoms. The Bertz CT molecular complexity index is 3330. The minimum atomic E-state index is 0.853. The van der Waals surface area contributed by atoms with Gasteiger partial charge in [0.15, 0.2) is 0 Å². The number of hydrogen-bond donors (Lipinski definition) is 0. The van der Waals surface area contributed by atoms with E-state index >= 15 is 0 Å². The van der Waals surface area contributed by atoms with E-state index < -0.39 is 0 Å². The van der Waals surface area contributed by atoms with Gasteiger partial charge in [0.1, 0.15) is 27.3 Å². The summed E-state index contributed by atoms with van der Waals surface area (Å²) in [5.41, 5.74) is 11.1. The van der Waals surface area contributed by atoms with Gasteiger partial charge in [0.2, 0.25) is 0 Å². The number of thiophene rings is 1. The van der Waals surface area contributed by atoms with E-state index in [0.29, 0.717) is 0 Å². The van der Waals surface area contributed by atoms with Crippen molar-refractivity contribution >= 4 is 114 Å².